The first-order valence-corrected chi connectivity index (χ1v) is 4.03. The Morgan fingerprint density at radius 2 is 1.82 bits per heavy atom. The monoisotopic (exact) mass is 154 g/mol. The maximum Gasteiger partial charge on any atom is 0.142 e. The number of ketones is 1. The zero-order valence-corrected chi connectivity index (χ0v) is 8.19. The predicted octanol–water partition coefficient (Wildman–Crippen LogP) is 2.96. The van der Waals surface area contributed by atoms with Crippen molar-refractivity contribution in [2.75, 3.05) is 0 Å². The molecule has 0 saturated heterocycles. The van der Waals surface area contributed by atoms with Gasteiger partial charge in [-0.25, -0.2) is 0 Å². The first-order chi connectivity index (χ1) is 4.88. The molecule has 0 unspecified atom stereocenters. The number of allylic oxidation sites excluding steroid dienone is 2. The van der Waals surface area contributed by atoms with E-state index in [-0.39, 0.29) is 5.41 Å². The first kappa shape index (κ1) is 10.4. The molecule has 1 nitrogen and oxygen atoms in total. The number of carbonyl (C=O) groups excluding carboxylic acids is 1. The molecule has 0 radical (unpaired) electrons. The van der Waals surface area contributed by atoms with Gasteiger partial charge in [-0.05, 0) is 13.8 Å². The average molecular weight is 154 g/mol. The highest BCUT2D eigenvalue weighted by molar-refractivity contribution is 5.85. The number of carbonyl (C=O) groups is 1. The number of Topliss-reactive ketones (excluding diaryl/α,β-unsaturated/α-hetero) is 1. The Kier molecular flexibility index (Phi) is 3.50. The van der Waals surface area contributed by atoms with Crippen LogP contribution in [0.25, 0.3) is 0 Å². The Bertz CT molecular complexity index is 170. The van der Waals surface area contributed by atoms with Gasteiger partial charge in [0.05, 0.1) is 0 Å². The molecule has 0 aliphatic carbocycles. The third kappa shape index (κ3) is 3.97. The van der Waals surface area contributed by atoms with Crippen LogP contribution in [0, 0.1) is 5.41 Å². The van der Waals surface area contributed by atoms with Gasteiger partial charge in [-0.1, -0.05) is 32.4 Å². The summed E-state index contributed by atoms with van der Waals surface area (Å²) in [5, 5.41) is 0. The second kappa shape index (κ2) is 3.70. The molecular formula is C10H18O. The molecule has 0 aromatic rings. The van der Waals surface area contributed by atoms with Crippen molar-refractivity contribution in [3.05, 3.63) is 11.6 Å². The number of rotatable bonds is 2. The maximum atomic E-state index is 11.4. The molecule has 64 valence electrons. The normalized spacial score (nSPS) is 13.4. The molecule has 0 bridgehead atoms. The Hall–Kier alpha value is -0.590. The van der Waals surface area contributed by atoms with Crippen LogP contribution in [-0.2, 0) is 4.79 Å². The smallest absolute Gasteiger partial charge is 0.142 e. The van der Waals surface area contributed by atoms with E-state index in [1.807, 2.05) is 40.7 Å². The summed E-state index contributed by atoms with van der Waals surface area (Å²) in [5.74, 6) is 0.313. The molecule has 0 aromatic carbocycles. The zero-order chi connectivity index (χ0) is 9.07. The van der Waals surface area contributed by atoms with Crippen molar-refractivity contribution in [2.24, 2.45) is 5.41 Å². The maximum absolute atomic E-state index is 11.4. The van der Waals surface area contributed by atoms with Crippen molar-refractivity contribution in [1.82, 2.24) is 0 Å². The standard InChI is InChI=1S/C10H18O/c1-6-8(2)7-9(11)10(3,4)5/h6H,7H2,1-5H3/b8-6+. The van der Waals surface area contributed by atoms with E-state index in [0.29, 0.717) is 12.2 Å². The van der Waals surface area contributed by atoms with E-state index in [0.717, 1.165) is 5.57 Å². The van der Waals surface area contributed by atoms with Gasteiger partial charge in [-0.3, -0.25) is 4.79 Å². The quantitative estimate of drug-likeness (QED) is 0.559. The fraction of sp³-hybridized carbons (Fsp3) is 0.700. The lowest BCUT2D eigenvalue weighted by Crippen LogP contribution is -2.19. The van der Waals surface area contributed by atoms with Crippen LogP contribution in [0.2, 0.25) is 0 Å². The second-order valence-corrected chi connectivity index (χ2v) is 3.98. The van der Waals surface area contributed by atoms with Crippen molar-refractivity contribution in [2.45, 2.75) is 41.0 Å². The molecule has 0 fully saturated rings. The van der Waals surface area contributed by atoms with Crippen molar-refractivity contribution in [3.8, 4) is 0 Å². The third-order valence-corrected chi connectivity index (χ3v) is 1.77. The predicted molar refractivity (Wildman–Crippen MR) is 48.5 cm³/mol. The largest absolute Gasteiger partial charge is 0.299 e. The van der Waals surface area contributed by atoms with Gasteiger partial charge in [-0.15, -0.1) is 0 Å². The van der Waals surface area contributed by atoms with Gasteiger partial charge in [0.2, 0.25) is 0 Å². The summed E-state index contributed by atoms with van der Waals surface area (Å²) in [6, 6.07) is 0. The lowest BCUT2D eigenvalue weighted by molar-refractivity contribution is -0.125. The van der Waals surface area contributed by atoms with Gasteiger partial charge < -0.3 is 0 Å². The number of hydrogen-bond acceptors (Lipinski definition) is 1. The minimum atomic E-state index is -0.190. The summed E-state index contributed by atoms with van der Waals surface area (Å²) in [6.07, 6.45) is 2.59. The third-order valence-electron chi connectivity index (χ3n) is 1.77. The van der Waals surface area contributed by atoms with Gasteiger partial charge in [-0.2, -0.15) is 0 Å². The van der Waals surface area contributed by atoms with Crippen LogP contribution in [0.4, 0.5) is 0 Å². The minimum absolute atomic E-state index is 0.190. The van der Waals surface area contributed by atoms with E-state index in [4.69, 9.17) is 0 Å². The van der Waals surface area contributed by atoms with Crippen LogP contribution < -0.4 is 0 Å². The highest BCUT2D eigenvalue weighted by Crippen LogP contribution is 2.19. The highest BCUT2D eigenvalue weighted by Gasteiger charge is 2.20. The Labute approximate surface area is 69.5 Å². The van der Waals surface area contributed by atoms with Crippen LogP contribution in [0.5, 0.6) is 0 Å². The summed E-state index contributed by atoms with van der Waals surface area (Å²) in [5.41, 5.74) is 0.967. The van der Waals surface area contributed by atoms with Gasteiger partial charge in [0.1, 0.15) is 5.78 Å². The molecule has 0 atom stereocenters. The topological polar surface area (TPSA) is 17.1 Å². The van der Waals surface area contributed by atoms with Crippen LogP contribution in [-0.4, -0.2) is 5.78 Å². The second-order valence-electron chi connectivity index (χ2n) is 3.98. The van der Waals surface area contributed by atoms with Crippen molar-refractivity contribution < 1.29 is 4.79 Å². The molecule has 11 heavy (non-hydrogen) atoms. The lowest BCUT2D eigenvalue weighted by Gasteiger charge is -2.16. The summed E-state index contributed by atoms with van der Waals surface area (Å²) in [6.45, 7) is 9.82. The van der Waals surface area contributed by atoms with Gasteiger partial charge in [0.15, 0.2) is 0 Å². The molecule has 1 heteroatoms. The van der Waals surface area contributed by atoms with Crippen molar-refractivity contribution in [1.29, 1.82) is 0 Å². The molecule has 0 spiro atoms. The molecule has 0 aliphatic rings. The summed E-state index contributed by atoms with van der Waals surface area (Å²) in [4.78, 5) is 11.4. The molecule has 0 N–H and O–H groups in total. The van der Waals surface area contributed by atoms with E-state index in [2.05, 4.69) is 0 Å². The first-order valence-electron chi connectivity index (χ1n) is 4.03. The van der Waals surface area contributed by atoms with Gasteiger partial charge in [0.25, 0.3) is 0 Å². The van der Waals surface area contributed by atoms with Crippen LogP contribution in [0.15, 0.2) is 11.6 Å². The summed E-state index contributed by atoms with van der Waals surface area (Å²) < 4.78 is 0. The number of hydrogen-bond donors (Lipinski definition) is 0. The van der Waals surface area contributed by atoms with E-state index < -0.39 is 0 Å². The molecule has 0 heterocycles. The van der Waals surface area contributed by atoms with E-state index >= 15 is 0 Å². The van der Waals surface area contributed by atoms with Crippen LogP contribution in [0.3, 0.4) is 0 Å². The molecule has 0 rings (SSSR count). The Morgan fingerprint density at radius 3 is 2.09 bits per heavy atom. The van der Waals surface area contributed by atoms with Gasteiger partial charge in [0, 0.05) is 11.8 Å². The van der Waals surface area contributed by atoms with Crippen molar-refractivity contribution >= 4 is 5.78 Å². The van der Waals surface area contributed by atoms with E-state index in [1.165, 1.54) is 0 Å². The fourth-order valence-corrected chi connectivity index (χ4v) is 0.620. The molecular weight excluding hydrogens is 136 g/mol. The van der Waals surface area contributed by atoms with Crippen LogP contribution in [0.1, 0.15) is 41.0 Å². The Morgan fingerprint density at radius 1 is 1.36 bits per heavy atom. The highest BCUT2D eigenvalue weighted by atomic mass is 16.1. The molecule has 0 aromatic heterocycles. The SMILES string of the molecule is C/C=C(\C)CC(=O)C(C)(C)C. The van der Waals surface area contributed by atoms with E-state index in [9.17, 15) is 4.79 Å². The molecule has 0 aliphatic heterocycles. The minimum Gasteiger partial charge on any atom is -0.299 e. The van der Waals surface area contributed by atoms with E-state index in [1.54, 1.807) is 0 Å². The summed E-state index contributed by atoms with van der Waals surface area (Å²) >= 11 is 0. The van der Waals surface area contributed by atoms with Crippen LogP contribution >= 0.6 is 0 Å². The zero-order valence-electron chi connectivity index (χ0n) is 8.19. The summed E-state index contributed by atoms with van der Waals surface area (Å²) in [7, 11) is 0. The lowest BCUT2D eigenvalue weighted by atomic mass is 9.87. The average Bonchev–Trinajstić information content (AvgIpc) is 1.85. The van der Waals surface area contributed by atoms with Crippen molar-refractivity contribution in [3.63, 3.8) is 0 Å². The van der Waals surface area contributed by atoms with Gasteiger partial charge >= 0.3 is 0 Å². The molecule has 0 amide bonds. The molecule has 0 saturated carbocycles. The Balaban J connectivity index is 4.10. The fourth-order valence-electron chi connectivity index (χ4n) is 0.620.